The van der Waals surface area contributed by atoms with Crippen molar-refractivity contribution in [1.82, 2.24) is 10.6 Å². The molecule has 0 spiro atoms. The topological polar surface area (TPSA) is 81.1 Å². The number of quaternary nitrogens is 1. The van der Waals surface area contributed by atoms with Crippen molar-refractivity contribution < 1.29 is 24.0 Å². The third kappa shape index (κ3) is 4.42. The Balaban J connectivity index is 1.97. The molecule has 7 nitrogen and oxygen atoms in total. The van der Waals surface area contributed by atoms with Gasteiger partial charge in [-0.15, -0.1) is 0 Å². The number of methoxy groups -OCH3 is 2. The highest BCUT2D eigenvalue weighted by molar-refractivity contribution is 5.95. The van der Waals surface area contributed by atoms with Crippen molar-refractivity contribution in [3.8, 4) is 5.75 Å². The van der Waals surface area contributed by atoms with Crippen molar-refractivity contribution in [2.75, 3.05) is 33.9 Å². The smallest absolute Gasteiger partial charge is 0.338 e. The van der Waals surface area contributed by atoms with Gasteiger partial charge in [-0.25, -0.2) is 9.59 Å². The van der Waals surface area contributed by atoms with E-state index >= 15 is 0 Å². The average molecular weight is 374 g/mol. The molecule has 0 aliphatic carbocycles. The van der Waals surface area contributed by atoms with E-state index in [4.69, 9.17) is 9.47 Å². The molecule has 2 aliphatic rings. The summed E-state index contributed by atoms with van der Waals surface area (Å²) in [4.78, 5) is 26.3. The second-order valence-corrected chi connectivity index (χ2v) is 7.32. The maximum Gasteiger partial charge on any atom is 0.338 e. The van der Waals surface area contributed by atoms with Gasteiger partial charge in [0.2, 0.25) is 0 Å². The zero-order chi connectivity index (χ0) is 19.4. The lowest BCUT2D eigenvalue weighted by atomic mass is 9.94. The molecule has 0 aromatic heterocycles. The van der Waals surface area contributed by atoms with Crippen LogP contribution in [0.1, 0.15) is 31.4 Å². The molecule has 3 rings (SSSR count). The van der Waals surface area contributed by atoms with E-state index in [1.54, 1.807) is 7.11 Å². The van der Waals surface area contributed by atoms with Crippen molar-refractivity contribution in [2.45, 2.75) is 25.8 Å². The van der Waals surface area contributed by atoms with Crippen LogP contribution >= 0.6 is 0 Å². The number of carbonyl (C=O) groups is 2. The Morgan fingerprint density at radius 1 is 1.33 bits per heavy atom. The number of carbonyl (C=O) groups excluding carboxylic acids is 2. The van der Waals surface area contributed by atoms with Gasteiger partial charge in [-0.3, -0.25) is 0 Å². The first-order valence-electron chi connectivity index (χ1n) is 9.38. The highest BCUT2D eigenvalue weighted by Gasteiger charge is 2.35. The molecule has 1 unspecified atom stereocenters. The molecule has 7 heteroatoms. The van der Waals surface area contributed by atoms with Crippen LogP contribution in [0.3, 0.4) is 0 Å². The lowest BCUT2D eigenvalue weighted by Crippen LogP contribution is -3.14. The second-order valence-electron chi connectivity index (χ2n) is 7.32. The van der Waals surface area contributed by atoms with Crippen LogP contribution in [0, 0.1) is 5.92 Å². The van der Waals surface area contributed by atoms with E-state index in [1.165, 1.54) is 18.4 Å². The van der Waals surface area contributed by atoms with Crippen LogP contribution in [-0.4, -0.2) is 45.9 Å². The molecule has 1 aromatic rings. The molecule has 1 fully saturated rings. The molecule has 1 saturated heterocycles. The van der Waals surface area contributed by atoms with Gasteiger partial charge in [-0.05, 0) is 30.5 Å². The summed E-state index contributed by atoms with van der Waals surface area (Å²) in [7, 11) is 2.95. The minimum atomic E-state index is -0.571. The van der Waals surface area contributed by atoms with Crippen LogP contribution in [0.2, 0.25) is 0 Å². The van der Waals surface area contributed by atoms with Crippen LogP contribution < -0.4 is 20.3 Å². The van der Waals surface area contributed by atoms with Crippen molar-refractivity contribution in [3.63, 3.8) is 0 Å². The minimum Gasteiger partial charge on any atom is -0.497 e. The number of rotatable bonds is 5. The van der Waals surface area contributed by atoms with Gasteiger partial charge in [0.15, 0.2) is 0 Å². The molecule has 27 heavy (non-hydrogen) atoms. The Hall–Kier alpha value is -2.54. The maximum atomic E-state index is 12.6. The zero-order valence-corrected chi connectivity index (χ0v) is 16.1. The summed E-state index contributed by atoms with van der Waals surface area (Å²) in [5.41, 5.74) is 1.88. The highest BCUT2D eigenvalue weighted by Crippen LogP contribution is 2.29. The van der Waals surface area contributed by atoms with Crippen molar-refractivity contribution in [1.29, 1.82) is 0 Å². The standard InChI is InChI=1S/C20H27N3O4/c1-13-6-5-9-23(11-13)12-16-17(19(24)27-3)18(22-20(25)21-16)14-7-4-8-15(10-14)26-2/h4,7-8,10,13,18H,5-6,9,11-12H2,1-3H3,(H2,21,22,25)/p+1/t13-,18-/m0/s1. The summed E-state index contributed by atoms with van der Waals surface area (Å²) < 4.78 is 10.3. The third-order valence-electron chi connectivity index (χ3n) is 5.28. The number of esters is 1. The molecule has 1 aromatic carbocycles. The van der Waals surface area contributed by atoms with Gasteiger partial charge in [-0.2, -0.15) is 0 Å². The number of hydrogen-bond donors (Lipinski definition) is 3. The molecule has 146 valence electrons. The fourth-order valence-electron chi connectivity index (χ4n) is 3.99. The lowest BCUT2D eigenvalue weighted by Gasteiger charge is -2.33. The first-order chi connectivity index (χ1) is 13.0. The maximum absolute atomic E-state index is 12.6. The summed E-state index contributed by atoms with van der Waals surface area (Å²) in [5.74, 6) is 0.874. The predicted octanol–water partition coefficient (Wildman–Crippen LogP) is 0.791. The van der Waals surface area contributed by atoms with E-state index in [2.05, 4.69) is 17.6 Å². The highest BCUT2D eigenvalue weighted by atomic mass is 16.5. The number of piperidine rings is 1. The van der Waals surface area contributed by atoms with Crippen LogP contribution in [0.25, 0.3) is 0 Å². The molecular weight excluding hydrogens is 346 g/mol. The number of amides is 2. The molecule has 0 bridgehead atoms. The van der Waals surface area contributed by atoms with Gasteiger partial charge in [0.25, 0.3) is 0 Å². The monoisotopic (exact) mass is 374 g/mol. The normalized spacial score (nSPS) is 25.4. The number of nitrogens with one attached hydrogen (secondary N) is 3. The molecular formula is C20H28N3O4+. The van der Waals surface area contributed by atoms with E-state index in [-0.39, 0.29) is 6.03 Å². The number of likely N-dealkylation sites (tertiary alicyclic amines) is 1. The Kier molecular flexibility index (Phi) is 6.01. The quantitative estimate of drug-likeness (QED) is 0.666. The first kappa shape index (κ1) is 19.2. The minimum absolute atomic E-state index is 0.310. The third-order valence-corrected chi connectivity index (χ3v) is 5.28. The van der Waals surface area contributed by atoms with Gasteiger partial charge in [0, 0.05) is 5.92 Å². The summed E-state index contributed by atoms with van der Waals surface area (Å²) in [6, 6.07) is 6.48. The fraction of sp³-hybridized carbons (Fsp3) is 0.500. The summed E-state index contributed by atoms with van der Waals surface area (Å²) in [5, 5.41) is 5.70. The summed E-state index contributed by atoms with van der Waals surface area (Å²) in [6.45, 7) is 4.91. The molecule has 2 aliphatic heterocycles. The van der Waals surface area contributed by atoms with Crippen LogP contribution in [0.5, 0.6) is 5.75 Å². The Morgan fingerprint density at radius 2 is 2.15 bits per heavy atom. The Bertz CT molecular complexity index is 746. The molecule has 0 saturated carbocycles. The van der Waals surface area contributed by atoms with Gasteiger partial charge in [0.05, 0.1) is 44.6 Å². The Morgan fingerprint density at radius 3 is 2.85 bits per heavy atom. The zero-order valence-electron chi connectivity index (χ0n) is 16.1. The average Bonchev–Trinajstić information content (AvgIpc) is 2.67. The summed E-state index contributed by atoms with van der Waals surface area (Å²) in [6.07, 6.45) is 2.38. The largest absolute Gasteiger partial charge is 0.497 e. The van der Waals surface area contributed by atoms with Gasteiger partial charge in [-0.1, -0.05) is 19.1 Å². The van der Waals surface area contributed by atoms with E-state index < -0.39 is 12.0 Å². The predicted molar refractivity (Wildman–Crippen MR) is 100 cm³/mol. The fourth-order valence-corrected chi connectivity index (χ4v) is 3.99. The molecule has 3 N–H and O–H groups in total. The number of benzene rings is 1. The summed E-state index contributed by atoms with van der Waals surface area (Å²) >= 11 is 0. The molecule has 2 amide bonds. The molecule has 0 radical (unpaired) electrons. The van der Waals surface area contributed by atoms with Crippen molar-refractivity contribution in [2.24, 2.45) is 5.92 Å². The second kappa shape index (κ2) is 8.43. The van der Waals surface area contributed by atoms with Crippen molar-refractivity contribution in [3.05, 3.63) is 41.1 Å². The molecule has 2 heterocycles. The van der Waals surface area contributed by atoms with E-state index in [0.29, 0.717) is 29.5 Å². The van der Waals surface area contributed by atoms with E-state index in [0.717, 1.165) is 25.1 Å². The Labute approximate surface area is 159 Å². The van der Waals surface area contributed by atoms with Crippen molar-refractivity contribution >= 4 is 12.0 Å². The van der Waals surface area contributed by atoms with Gasteiger partial charge < -0.3 is 25.0 Å². The first-order valence-corrected chi connectivity index (χ1v) is 9.38. The van der Waals surface area contributed by atoms with Gasteiger partial charge >= 0.3 is 12.0 Å². The van der Waals surface area contributed by atoms with Crippen LogP contribution in [0.4, 0.5) is 4.79 Å². The number of ether oxygens (including phenoxy) is 2. The number of urea groups is 1. The lowest BCUT2D eigenvalue weighted by molar-refractivity contribution is -0.904. The van der Waals surface area contributed by atoms with E-state index in [1.807, 2.05) is 24.3 Å². The van der Waals surface area contributed by atoms with Crippen LogP contribution in [-0.2, 0) is 9.53 Å². The van der Waals surface area contributed by atoms with Gasteiger partial charge in [0.1, 0.15) is 12.3 Å². The van der Waals surface area contributed by atoms with Crippen LogP contribution in [0.15, 0.2) is 35.5 Å². The number of hydrogen-bond acceptors (Lipinski definition) is 4. The van der Waals surface area contributed by atoms with E-state index in [9.17, 15) is 9.59 Å². The molecule has 3 atom stereocenters. The SMILES string of the molecule is COC(=O)C1=C(C[NH+]2CCC[C@H](C)C2)NC(=O)N[C@H]1c1cccc(OC)c1.